The van der Waals surface area contributed by atoms with Crippen molar-refractivity contribution < 1.29 is 4.79 Å². The minimum atomic E-state index is -0.367. The number of hydrogen-bond donors (Lipinski definition) is 0. The van der Waals surface area contributed by atoms with E-state index in [-0.39, 0.29) is 11.4 Å². The second kappa shape index (κ2) is 4.44. The molecule has 1 heterocycles. The topological polar surface area (TPSA) is 53.8 Å². The first-order valence-electron chi connectivity index (χ1n) is 4.96. The van der Waals surface area contributed by atoms with Crippen LogP contribution in [-0.4, -0.2) is 10.8 Å². The number of benzene rings is 1. The molecule has 80 valence electrons. The first kappa shape index (κ1) is 10.8. The highest BCUT2D eigenvalue weighted by molar-refractivity contribution is 6.12. The van der Waals surface area contributed by atoms with Crippen LogP contribution in [0.15, 0.2) is 54.4 Å². The summed E-state index contributed by atoms with van der Waals surface area (Å²) in [5.74, 6) is -0.367. The molecule has 3 nitrogen and oxygen atoms in total. The fourth-order valence-electron chi connectivity index (χ4n) is 1.53. The Morgan fingerprint density at radius 1 is 1.35 bits per heavy atom. The van der Waals surface area contributed by atoms with Gasteiger partial charge in [0.2, 0.25) is 5.78 Å². The molecular formula is C14H8N2O. The van der Waals surface area contributed by atoms with E-state index in [1.807, 2.05) is 6.07 Å². The molecule has 1 aromatic carbocycles. The Morgan fingerprint density at radius 2 is 2.18 bits per heavy atom. The maximum absolute atomic E-state index is 11.9. The molecule has 0 radical (unpaired) electrons. The number of ketones is 1. The first-order chi connectivity index (χ1) is 8.26. The van der Waals surface area contributed by atoms with Crippen LogP contribution in [-0.2, 0) is 0 Å². The summed E-state index contributed by atoms with van der Waals surface area (Å²) in [7, 11) is 0. The SMILES string of the molecule is C=C=C(C#N)C(=O)c1ccc2ncccc2c1. The maximum atomic E-state index is 11.9. The normalized spacial score (nSPS) is 9.35. The standard InChI is InChI=1S/C14H8N2O/c1-2-10(9-15)14(17)12-5-6-13-11(8-12)4-3-7-16-13/h3-8H,1H2. The fourth-order valence-corrected chi connectivity index (χ4v) is 1.53. The summed E-state index contributed by atoms with van der Waals surface area (Å²) in [6.07, 6.45) is 1.69. The molecule has 2 rings (SSSR count). The van der Waals surface area contributed by atoms with Crippen molar-refractivity contribution in [2.75, 3.05) is 0 Å². The molecule has 0 spiro atoms. The van der Waals surface area contributed by atoms with E-state index >= 15 is 0 Å². The van der Waals surface area contributed by atoms with Gasteiger partial charge in [-0.15, -0.1) is 5.73 Å². The molecule has 17 heavy (non-hydrogen) atoms. The number of pyridine rings is 1. The summed E-state index contributed by atoms with van der Waals surface area (Å²) in [6, 6.07) is 10.5. The summed E-state index contributed by atoms with van der Waals surface area (Å²) < 4.78 is 0. The third kappa shape index (κ3) is 1.98. The van der Waals surface area contributed by atoms with Gasteiger partial charge in [-0.3, -0.25) is 9.78 Å². The highest BCUT2D eigenvalue weighted by Crippen LogP contribution is 2.15. The van der Waals surface area contributed by atoms with Gasteiger partial charge in [-0.05, 0) is 24.3 Å². The summed E-state index contributed by atoms with van der Waals surface area (Å²) in [6.45, 7) is 3.32. The minimum Gasteiger partial charge on any atom is -0.287 e. The van der Waals surface area contributed by atoms with Crippen molar-refractivity contribution in [2.24, 2.45) is 0 Å². The Bertz CT molecular complexity index is 689. The van der Waals surface area contributed by atoms with Crippen LogP contribution < -0.4 is 0 Å². The zero-order valence-corrected chi connectivity index (χ0v) is 8.97. The zero-order valence-electron chi connectivity index (χ0n) is 8.97. The predicted octanol–water partition coefficient (Wildman–Crippen LogP) is 2.65. The molecule has 0 bridgehead atoms. The van der Waals surface area contributed by atoms with E-state index in [1.165, 1.54) is 0 Å². The van der Waals surface area contributed by atoms with E-state index in [9.17, 15) is 4.79 Å². The van der Waals surface area contributed by atoms with Gasteiger partial charge in [0.15, 0.2) is 0 Å². The molecule has 0 unspecified atom stereocenters. The van der Waals surface area contributed by atoms with Crippen LogP contribution in [0.5, 0.6) is 0 Å². The van der Waals surface area contributed by atoms with Crippen molar-refractivity contribution in [1.82, 2.24) is 4.98 Å². The monoisotopic (exact) mass is 220 g/mol. The Kier molecular flexibility index (Phi) is 2.83. The fraction of sp³-hybridized carbons (Fsp3) is 0. The van der Waals surface area contributed by atoms with Crippen LogP contribution >= 0.6 is 0 Å². The van der Waals surface area contributed by atoms with Crippen molar-refractivity contribution in [3.05, 3.63) is 60.0 Å². The van der Waals surface area contributed by atoms with Gasteiger partial charge >= 0.3 is 0 Å². The van der Waals surface area contributed by atoms with E-state index in [0.717, 1.165) is 10.9 Å². The van der Waals surface area contributed by atoms with Gasteiger partial charge in [0.25, 0.3) is 0 Å². The number of rotatable bonds is 2. The molecule has 0 atom stereocenters. The van der Waals surface area contributed by atoms with E-state index in [1.54, 1.807) is 36.5 Å². The molecule has 0 amide bonds. The molecule has 0 aliphatic heterocycles. The van der Waals surface area contributed by atoms with Gasteiger partial charge in [0.1, 0.15) is 11.6 Å². The number of carbonyl (C=O) groups excluding carboxylic acids is 1. The van der Waals surface area contributed by atoms with Crippen LogP contribution in [0.25, 0.3) is 10.9 Å². The average molecular weight is 220 g/mol. The van der Waals surface area contributed by atoms with Gasteiger partial charge in [-0.2, -0.15) is 5.26 Å². The lowest BCUT2D eigenvalue weighted by Gasteiger charge is -2.00. The van der Waals surface area contributed by atoms with Crippen molar-refractivity contribution in [1.29, 1.82) is 5.26 Å². The number of nitriles is 1. The van der Waals surface area contributed by atoms with Crippen molar-refractivity contribution in [3.63, 3.8) is 0 Å². The van der Waals surface area contributed by atoms with E-state index < -0.39 is 0 Å². The van der Waals surface area contributed by atoms with Crippen LogP contribution in [0, 0.1) is 11.3 Å². The summed E-state index contributed by atoms with van der Waals surface area (Å²) >= 11 is 0. The molecule has 0 fully saturated rings. The van der Waals surface area contributed by atoms with Crippen LogP contribution in [0.4, 0.5) is 0 Å². The third-order valence-electron chi connectivity index (χ3n) is 2.38. The second-order valence-corrected chi connectivity index (χ2v) is 3.40. The number of carbonyl (C=O) groups is 1. The highest BCUT2D eigenvalue weighted by atomic mass is 16.1. The number of Topliss-reactive ketones (excluding diaryl/α,β-unsaturated/α-hetero) is 1. The molecule has 0 saturated heterocycles. The second-order valence-electron chi connectivity index (χ2n) is 3.40. The highest BCUT2D eigenvalue weighted by Gasteiger charge is 2.11. The van der Waals surface area contributed by atoms with Gasteiger partial charge in [0.05, 0.1) is 5.52 Å². The number of hydrogen-bond acceptors (Lipinski definition) is 3. The minimum absolute atomic E-state index is 0.0757. The maximum Gasteiger partial charge on any atom is 0.211 e. The summed E-state index contributed by atoms with van der Waals surface area (Å²) in [5.41, 5.74) is 3.52. The van der Waals surface area contributed by atoms with E-state index in [4.69, 9.17) is 5.26 Å². The largest absolute Gasteiger partial charge is 0.287 e. The van der Waals surface area contributed by atoms with Crippen LogP contribution in [0.3, 0.4) is 0 Å². The smallest absolute Gasteiger partial charge is 0.211 e. The predicted molar refractivity (Wildman–Crippen MR) is 64.3 cm³/mol. The van der Waals surface area contributed by atoms with Crippen molar-refractivity contribution in [2.45, 2.75) is 0 Å². The Labute approximate surface area is 98.3 Å². The third-order valence-corrected chi connectivity index (χ3v) is 2.38. The van der Waals surface area contributed by atoms with Gasteiger partial charge in [-0.1, -0.05) is 12.6 Å². The number of allylic oxidation sites excluding steroid dienone is 1. The zero-order chi connectivity index (χ0) is 12.3. The lowest BCUT2D eigenvalue weighted by atomic mass is 10.0. The number of nitrogens with zero attached hydrogens (tertiary/aromatic N) is 2. The number of fused-ring (bicyclic) bond motifs is 1. The molecule has 0 N–H and O–H groups in total. The Balaban J connectivity index is 2.55. The van der Waals surface area contributed by atoms with Gasteiger partial charge < -0.3 is 0 Å². The summed E-state index contributed by atoms with van der Waals surface area (Å²) in [5, 5.41) is 9.61. The van der Waals surface area contributed by atoms with Crippen LogP contribution in [0.2, 0.25) is 0 Å². The average Bonchev–Trinajstić information content (AvgIpc) is 2.39. The van der Waals surface area contributed by atoms with Gasteiger partial charge in [-0.25, -0.2) is 0 Å². The summed E-state index contributed by atoms with van der Waals surface area (Å²) in [4.78, 5) is 16.0. The molecule has 0 aliphatic carbocycles. The van der Waals surface area contributed by atoms with E-state index in [0.29, 0.717) is 5.56 Å². The molecule has 0 saturated carbocycles. The quantitative estimate of drug-likeness (QED) is 0.338. The molecular weight excluding hydrogens is 212 g/mol. The first-order valence-corrected chi connectivity index (χ1v) is 4.96. The number of aromatic nitrogens is 1. The Hall–Kier alpha value is -2.69. The van der Waals surface area contributed by atoms with Gasteiger partial charge in [0, 0.05) is 17.1 Å². The Morgan fingerprint density at radius 3 is 2.88 bits per heavy atom. The molecule has 0 aliphatic rings. The molecule has 1 aromatic heterocycles. The molecule has 2 aromatic rings. The van der Waals surface area contributed by atoms with E-state index in [2.05, 4.69) is 17.3 Å². The lowest BCUT2D eigenvalue weighted by molar-refractivity contribution is 0.103. The molecule has 3 heteroatoms. The van der Waals surface area contributed by atoms with Crippen LogP contribution in [0.1, 0.15) is 10.4 Å². The van der Waals surface area contributed by atoms with Crippen molar-refractivity contribution in [3.8, 4) is 6.07 Å². The van der Waals surface area contributed by atoms with Crippen molar-refractivity contribution >= 4 is 16.7 Å². The lowest BCUT2D eigenvalue weighted by Crippen LogP contribution is -2.00.